The van der Waals surface area contributed by atoms with Crippen LogP contribution < -0.4 is 4.74 Å². The Morgan fingerprint density at radius 3 is 2.18 bits per heavy atom. The molecule has 0 aliphatic carbocycles. The topological polar surface area (TPSA) is 35.5 Å². The Morgan fingerprint density at radius 1 is 0.821 bits per heavy atom. The minimum Gasteiger partial charge on any atom is -0.465 e. The summed E-state index contributed by atoms with van der Waals surface area (Å²) in [6.07, 6.45) is 0. The summed E-state index contributed by atoms with van der Waals surface area (Å²) in [4.78, 5) is 14.5. The molecule has 0 aliphatic heterocycles. The van der Waals surface area contributed by atoms with Crippen LogP contribution in [0.4, 0.5) is 0 Å². The highest BCUT2D eigenvalue weighted by molar-refractivity contribution is 7.99. The van der Waals surface area contributed by atoms with Gasteiger partial charge in [-0.05, 0) is 41.1 Å². The SMILES string of the molecule is COC(=O)c1cc2ccccc2c(Sc2ccccc2)c1Oc1ccccc1. The molecule has 0 aliphatic rings. The predicted molar refractivity (Wildman–Crippen MR) is 112 cm³/mol. The van der Waals surface area contributed by atoms with Gasteiger partial charge < -0.3 is 9.47 Å². The number of hydrogen-bond acceptors (Lipinski definition) is 4. The molecular weight excluding hydrogens is 368 g/mol. The van der Waals surface area contributed by atoms with Crippen LogP contribution in [0, 0.1) is 0 Å². The number of fused-ring (bicyclic) bond motifs is 1. The molecule has 0 saturated heterocycles. The number of benzene rings is 4. The second kappa shape index (κ2) is 8.19. The van der Waals surface area contributed by atoms with Gasteiger partial charge in [0.15, 0.2) is 5.75 Å². The average molecular weight is 386 g/mol. The van der Waals surface area contributed by atoms with Crippen LogP contribution in [0.3, 0.4) is 0 Å². The zero-order valence-corrected chi connectivity index (χ0v) is 16.1. The van der Waals surface area contributed by atoms with Crippen LogP contribution in [-0.2, 0) is 4.74 Å². The number of carbonyl (C=O) groups is 1. The second-order valence-electron chi connectivity index (χ2n) is 6.13. The molecule has 0 N–H and O–H groups in total. The molecule has 4 heteroatoms. The van der Waals surface area contributed by atoms with Gasteiger partial charge in [0, 0.05) is 4.90 Å². The van der Waals surface area contributed by atoms with E-state index in [1.807, 2.05) is 91.0 Å². The third kappa shape index (κ3) is 3.73. The lowest BCUT2D eigenvalue weighted by atomic mass is 10.1. The van der Waals surface area contributed by atoms with Crippen LogP contribution in [0.15, 0.2) is 101 Å². The fourth-order valence-electron chi connectivity index (χ4n) is 2.97. The number of methoxy groups -OCH3 is 1. The first kappa shape index (κ1) is 18.1. The van der Waals surface area contributed by atoms with Crippen LogP contribution >= 0.6 is 11.8 Å². The Morgan fingerprint density at radius 2 is 1.46 bits per heavy atom. The van der Waals surface area contributed by atoms with Gasteiger partial charge in [-0.2, -0.15) is 0 Å². The van der Waals surface area contributed by atoms with Crippen LogP contribution in [0.2, 0.25) is 0 Å². The molecule has 3 nitrogen and oxygen atoms in total. The first-order valence-corrected chi connectivity index (χ1v) is 9.68. The summed E-state index contributed by atoms with van der Waals surface area (Å²) in [6, 6.07) is 29.3. The number of carbonyl (C=O) groups excluding carboxylic acids is 1. The third-order valence-corrected chi connectivity index (χ3v) is 5.40. The van der Waals surface area contributed by atoms with Gasteiger partial charge in [0.05, 0.1) is 12.0 Å². The Labute approximate surface area is 167 Å². The molecule has 138 valence electrons. The molecule has 4 aromatic carbocycles. The lowest BCUT2D eigenvalue weighted by Gasteiger charge is -2.17. The van der Waals surface area contributed by atoms with Gasteiger partial charge in [-0.15, -0.1) is 0 Å². The van der Waals surface area contributed by atoms with Gasteiger partial charge >= 0.3 is 5.97 Å². The van der Waals surface area contributed by atoms with Crippen molar-refractivity contribution in [3.8, 4) is 11.5 Å². The van der Waals surface area contributed by atoms with E-state index < -0.39 is 5.97 Å². The highest BCUT2D eigenvalue weighted by Gasteiger charge is 2.22. The summed E-state index contributed by atoms with van der Waals surface area (Å²) >= 11 is 1.57. The van der Waals surface area contributed by atoms with Gasteiger partial charge in [-0.25, -0.2) is 4.79 Å². The van der Waals surface area contributed by atoms with E-state index in [0.717, 1.165) is 20.6 Å². The van der Waals surface area contributed by atoms with E-state index in [0.29, 0.717) is 17.1 Å². The Balaban J connectivity index is 1.95. The summed E-state index contributed by atoms with van der Waals surface area (Å²) in [6.45, 7) is 0. The molecule has 28 heavy (non-hydrogen) atoms. The monoisotopic (exact) mass is 386 g/mol. The van der Waals surface area contributed by atoms with Crippen molar-refractivity contribution in [1.82, 2.24) is 0 Å². The maximum atomic E-state index is 12.6. The Bertz CT molecular complexity index is 1110. The summed E-state index contributed by atoms with van der Waals surface area (Å²) in [5, 5.41) is 1.98. The zero-order valence-electron chi connectivity index (χ0n) is 15.3. The molecular formula is C24H18O3S. The predicted octanol–water partition coefficient (Wildman–Crippen LogP) is 6.57. The van der Waals surface area contributed by atoms with Crippen molar-refractivity contribution in [1.29, 1.82) is 0 Å². The van der Waals surface area contributed by atoms with Crippen LogP contribution in [0.5, 0.6) is 11.5 Å². The van der Waals surface area contributed by atoms with Crippen molar-refractivity contribution in [3.05, 3.63) is 96.6 Å². The number of esters is 1. The van der Waals surface area contributed by atoms with E-state index in [1.165, 1.54) is 7.11 Å². The van der Waals surface area contributed by atoms with E-state index >= 15 is 0 Å². The Hall–Kier alpha value is -3.24. The maximum Gasteiger partial charge on any atom is 0.341 e. The highest BCUT2D eigenvalue weighted by Crippen LogP contribution is 2.44. The zero-order chi connectivity index (χ0) is 19.3. The van der Waals surface area contributed by atoms with Gasteiger partial charge in [0.1, 0.15) is 11.3 Å². The van der Waals surface area contributed by atoms with Crippen molar-refractivity contribution < 1.29 is 14.3 Å². The molecule has 0 saturated carbocycles. The molecule has 0 atom stereocenters. The normalized spacial score (nSPS) is 10.6. The van der Waals surface area contributed by atoms with Crippen molar-refractivity contribution in [2.45, 2.75) is 9.79 Å². The van der Waals surface area contributed by atoms with E-state index in [1.54, 1.807) is 11.8 Å². The summed E-state index contributed by atoms with van der Waals surface area (Å²) in [5.74, 6) is 0.745. The summed E-state index contributed by atoms with van der Waals surface area (Å²) < 4.78 is 11.3. The minimum absolute atomic E-state index is 0.406. The fraction of sp³-hybridized carbons (Fsp3) is 0.0417. The number of ether oxygens (including phenoxy) is 2. The lowest BCUT2D eigenvalue weighted by Crippen LogP contribution is -2.05. The number of para-hydroxylation sites is 1. The lowest BCUT2D eigenvalue weighted by molar-refractivity contribution is 0.0597. The Kier molecular flexibility index (Phi) is 5.31. The first-order valence-electron chi connectivity index (χ1n) is 8.86. The molecule has 0 heterocycles. The van der Waals surface area contributed by atoms with Crippen molar-refractivity contribution in [2.75, 3.05) is 7.11 Å². The summed E-state index contributed by atoms with van der Waals surface area (Å²) in [7, 11) is 1.38. The molecule has 0 fully saturated rings. The van der Waals surface area contributed by atoms with Crippen LogP contribution in [0.25, 0.3) is 10.8 Å². The molecule has 0 bridgehead atoms. The third-order valence-electron chi connectivity index (χ3n) is 4.29. The van der Waals surface area contributed by atoms with Crippen molar-refractivity contribution in [2.24, 2.45) is 0 Å². The average Bonchev–Trinajstić information content (AvgIpc) is 2.76. The molecule has 4 rings (SSSR count). The minimum atomic E-state index is -0.424. The largest absolute Gasteiger partial charge is 0.465 e. The van der Waals surface area contributed by atoms with Gasteiger partial charge in [0.2, 0.25) is 0 Å². The quantitative estimate of drug-likeness (QED) is 0.363. The van der Waals surface area contributed by atoms with E-state index in [2.05, 4.69) is 0 Å². The molecule has 0 spiro atoms. The van der Waals surface area contributed by atoms with E-state index in [4.69, 9.17) is 9.47 Å². The molecule has 4 aromatic rings. The van der Waals surface area contributed by atoms with Gasteiger partial charge in [-0.3, -0.25) is 0 Å². The number of rotatable bonds is 5. The molecule has 0 radical (unpaired) electrons. The number of hydrogen-bond donors (Lipinski definition) is 0. The first-order chi connectivity index (χ1) is 13.8. The van der Waals surface area contributed by atoms with Crippen molar-refractivity contribution in [3.63, 3.8) is 0 Å². The summed E-state index contributed by atoms with van der Waals surface area (Å²) in [5.41, 5.74) is 0.406. The smallest absolute Gasteiger partial charge is 0.341 e. The second-order valence-corrected chi connectivity index (χ2v) is 7.21. The van der Waals surface area contributed by atoms with E-state index in [9.17, 15) is 4.79 Å². The molecule has 0 amide bonds. The van der Waals surface area contributed by atoms with Crippen LogP contribution in [0.1, 0.15) is 10.4 Å². The fourth-order valence-corrected chi connectivity index (χ4v) is 4.04. The van der Waals surface area contributed by atoms with Crippen molar-refractivity contribution >= 4 is 28.5 Å². The highest BCUT2D eigenvalue weighted by atomic mass is 32.2. The molecule has 0 unspecified atom stereocenters. The molecule has 0 aromatic heterocycles. The standard InChI is InChI=1S/C24H18O3S/c1-26-24(25)21-16-17-10-8-9-15-20(17)23(28-19-13-6-3-7-14-19)22(21)27-18-11-4-2-5-12-18/h2-16H,1H3. The van der Waals surface area contributed by atoms with Gasteiger partial charge in [-0.1, -0.05) is 72.4 Å². The van der Waals surface area contributed by atoms with E-state index in [-0.39, 0.29) is 0 Å². The maximum absolute atomic E-state index is 12.6. The van der Waals surface area contributed by atoms with Crippen LogP contribution in [-0.4, -0.2) is 13.1 Å². The van der Waals surface area contributed by atoms with Gasteiger partial charge in [0.25, 0.3) is 0 Å².